The van der Waals surface area contributed by atoms with E-state index in [0.717, 1.165) is 28.1 Å². The molecule has 0 saturated carbocycles. The fourth-order valence-corrected chi connectivity index (χ4v) is 3.62. The molecule has 3 aromatic carbocycles. The second-order valence-electron chi connectivity index (χ2n) is 7.36. The molecule has 0 unspecified atom stereocenters. The minimum atomic E-state index is -0.127. The Morgan fingerprint density at radius 1 is 0.969 bits per heavy atom. The van der Waals surface area contributed by atoms with Crippen molar-refractivity contribution in [3.05, 3.63) is 107 Å². The summed E-state index contributed by atoms with van der Waals surface area (Å²) >= 11 is 6.06. The molecule has 0 spiro atoms. The first-order valence-electron chi connectivity index (χ1n) is 10.2. The Kier molecular flexibility index (Phi) is 6.64. The van der Waals surface area contributed by atoms with Crippen LogP contribution in [-0.2, 0) is 17.8 Å². The third-order valence-electron chi connectivity index (χ3n) is 5.10. The summed E-state index contributed by atoms with van der Waals surface area (Å²) in [6, 6.07) is 28.9. The predicted octanol–water partition coefficient (Wildman–Crippen LogP) is 5.29. The van der Waals surface area contributed by atoms with Crippen LogP contribution in [0.1, 0.15) is 11.1 Å². The first-order chi connectivity index (χ1) is 15.6. The maximum atomic E-state index is 13.2. The molecule has 0 aliphatic rings. The number of carbonyl (C=O) groups is 1. The molecule has 0 aliphatic heterocycles. The van der Waals surface area contributed by atoms with Gasteiger partial charge in [0.25, 0.3) is 0 Å². The summed E-state index contributed by atoms with van der Waals surface area (Å²) in [7, 11) is 0. The van der Waals surface area contributed by atoms with Crippen molar-refractivity contribution in [2.75, 3.05) is 6.54 Å². The number of hydrogen-bond donors (Lipinski definition) is 0. The molecular formula is C26H21ClN4O. The second kappa shape index (κ2) is 9.95. The molecule has 1 heterocycles. The van der Waals surface area contributed by atoms with E-state index in [2.05, 4.69) is 6.07 Å². The molecule has 0 aliphatic carbocycles. The fraction of sp³-hybridized carbons (Fsp3) is 0.115. The van der Waals surface area contributed by atoms with E-state index in [1.165, 1.54) is 0 Å². The van der Waals surface area contributed by atoms with Gasteiger partial charge >= 0.3 is 0 Å². The van der Waals surface area contributed by atoms with Gasteiger partial charge < -0.3 is 4.90 Å². The molecule has 0 saturated heterocycles. The van der Waals surface area contributed by atoms with Gasteiger partial charge in [-0.25, -0.2) is 4.68 Å². The third kappa shape index (κ3) is 5.05. The van der Waals surface area contributed by atoms with Crippen LogP contribution in [-0.4, -0.2) is 27.1 Å². The zero-order valence-corrected chi connectivity index (χ0v) is 18.1. The molecule has 0 fully saturated rings. The largest absolute Gasteiger partial charge is 0.325 e. The molecule has 4 rings (SSSR count). The van der Waals surface area contributed by atoms with Crippen molar-refractivity contribution >= 4 is 17.5 Å². The zero-order valence-electron chi connectivity index (χ0n) is 17.4. The van der Waals surface area contributed by atoms with Crippen molar-refractivity contribution in [3.8, 4) is 23.0 Å². The lowest BCUT2D eigenvalue weighted by Crippen LogP contribution is -2.32. The Balaban J connectivity index is 1.66. The van der Waals surface area contributed by atoms with Crippen LogP contribution in [0.5, 0.6) is 0 Å². The smallest absolute Gasteiger partial charge is 0.228 e. The molecule has 0 N–H and O–H groups in total. The van der Waals surface area contributed by atoms with Crippen molar-refractivity contribution in [2.24, 2.45) is 0 Å². The maximum Gasteiger partial charge on any atom is 0.228 e. The normalized spacial score (nSPS) is 10.5. The Morgan fingerprint density at radius 2 is 1.62 bits per heavy atom. The van der Waals surface area contributed by atoms with E-state index in [0.29, 0.717) is 11.6 Å². The van der Waals surface area contributed by atoms with Gasteiger partial charge in [-0.1, -0.05) is 72.3 Å². The lowest BCUT2D eigenvalue weighted by Gasteiger charge is -2.19. The van der Waals surface area contributed by atoms with E-state index < -0.39 is 0 Å². The average Bonchev–Trinajstić information content (AvgIpc) is 3.24. The summed E-state index contributed by atoms with van der Waals surface area (Å²) < 4.78 is 1.78. The van der Waals surface area contributed by atoms with E-state index in [4.69, 9.17) is 16.7 Å². The van der Waals surface area contributed by atoms with Crippen LogP contribution in [0.2, 0.25) is 5.02 Å². The Labute approximate surface area is 192 Å². The molecule has 6 heteroatoms. The van der Waals surface area contributed by atoms with Gasteiger partial charge in [-0.3, -0.25) is 4.79 Å². The number of nitrogens with zero attached hydrogens (tertiary/aromatic N) is 4. The first kappa shape index (κ1) is 21.4. The molecule has 158 valence electrons. The van der Waals surface area contributed by atoms with E-state index in [9.17, 15) is 10.1 Å². The van der Waals surface area contributed by atoms with Crippen molar-refractivity contribution < 1.29 is 4.79 Å². The van der Waals surface area contributed by atoms with Crippen molar-refractivity contribution in [1.29, 1.82) is 5.26 Å². The molecule has 1 aromatic heterocycles. The Morgan fingerprint density at radius 3 is 2.28 bits per heavy atom. The maximum absolute atomic E-state index is 13.2. The number of para-hydroxylation sites is 1. The quantitative estimate of drug-likeness (QED) is 0.367. The first-order valence-corrected chi connectivity index (χ1v) is 10.6. The Bertz CT molecular complexity index is 1230. The van der Waals surface area contributed by atoms with Gasteiger partial charge in [0, 0.05) is 28.9 Å². The summed E-state index contributed by atoms with van der Waals surface area (Å²) in [4.78, 5) is 14.8. The lowest BCUT2D eigenvalue weighted by molar-refractivity contribution is -0.130. The molecule has 0 radical (unpaired) electrons. The van der Waals surface area contributed by atoms with Crippen LogP contribution >= 0.6 is 11.6 Å². The number of benzene rings is 3. The van der Waals surface area contributed by atoms with Gasteiger partial charge in [0.15, 0.2) is 0 Å². The molecule has 0 atom stereocenters. The molecular weight excluding hydrogens is 420 g/mol. The van der Waals surface area contributed by atoms with Gasteiger partial charge in [-0.2, -0.15) is 10.4 Å². The highest BCUT2D eigenvalue weighted by Crippen LogP contribution is 2.26. The third-order valence-corrected chi connectivity index (χ3v) is 5.35. The zero-order chi connectivity index (χ0) is 22.3. The van der Waals surface area contributed by atoms with Gasteiger partial charge in [0.05, 0.1) is 23.9 Å². The number of carbonyl (C=O) groups excluding carboxylic acids is 1. The number of rotatable bonds is 7. The standard InChI is InChI=1S/C26H21ClN4O/c27-23-13-11-21(12-14-23)26-22(19-31(29-26)24-9-5-2-6-10-24)17-25(32)30(16-15-28)18-20-7-3-1-4-8-20/h1-14,19H,16-18H2. The van der Waals surface area contributed by atoms with Crippen LogP contribution in [0.4, 0.5) is 0 Å². The van der Waals surface area contributed by atoms with Crippen molar-refractivity contribution in [1.82, 2.24) is 14.7 Å². The van der Waals surface area contributed by atoms with Crippen LogP contribution in [0, 0.1) is 11.3 Å². The van der Waals surface area contributed by atoms with Crippen LogP contribution in [0.25, 0.3) is 16.9 Å². The van der Waals surface area contributed by atoms with Gasteiger partial charge in [-0.05, 0) is 29.8 Å². The number of aromatic nitrogens is 2. The van der Waals surface area contributed by atoms with E-state index >= 15 is 0 Å². The van der Waals surface area contributed by atoms with Crippen LogP contribution in [0.3, 0.4) is 0 Å². The number of nitriles is 1. The number of hydrogen-bond acceptors (Lipinski definition) is 3. The number of amides is 1. The SMILES string of the molecule is N#CCN(Cc1ccccc1)C(=O)Cc1cn(-c2ccccc2)nc1-c1ccc(Cl)cc1. The predicted molar refractivity (Wildman–Crippen MR) is 125 cm³/mol. The summed E-state index contributed by atoms with van der Waals surface area (Å²) in [6.45, 7) is 0.410. The lowest BCUT2D eigenvalue weighted by atomic mass is 10.1. The highest BCUT2D eigenvalue weighted by atomic mass is 35.5. The van der Waals surface area contributed by atoms with E-state index in [1.54, 1.807) is 21.7 Å². The topological polar surface area (TPSA) is 61.9 Å². The molecule has 32 heavy (non-hydrogen) atoms. The van der Waals surface area contributed by atoms with Gasteiger partial charge in [0.2, 0.25) is 5.91 Å². The molecule has 0 bridgehead atoms. The fourth-order valence-electron chi connectivity index (χ4n) is 3.50. The summed E-state index contributed by atoms with van der Waals surface area (Å²) in [5.74, 6) is -0.127. The summed E-state index contributed by atoms with van der Waals surface area (Å²) in [5, 5.41) is 14.7. The van der Waals surface area contributed by atoms with E-state index in [-0.39, 0.29) is 18.9 Å². The highest BCUT2D eigenvalue weighted by Gasteiger charge is 2.20. The molecule has 5 nitrogen and oxygen atoms in total. The van der Waals surface area contributed by atoms with Crippen LogP contribution in [0.15, 0.2) is 91.1 Å². The minimum absolute atomic E-state index is 0.0246. The van der Waals surface area contributed by atoms with Crippen molar-refractivity contribution in [3.63, 3.8) is 0 Å². The average molecular weight is 441 g/mol. The van der Waals surface area contributed by atoms with Crippen LogP contribution < -0.4 is 0 Å². The molecule has 1 amide bonds. The number of halogens is 1. The second-order valence-corrected chi connectivity index (χ2v) is 7.80. The minimum Gasteiger partial charge on any atom is -0.325 e. The monoisotopic (exact) mass is 440 g/mol. The molecule has 4 aromatic rings. The van der Waals surface area contributed by atoms with Gasteiger partial charge in [0.1, 0.15) is 6.54 Å². The summed E-state index contributed by atoms with van der Waals surface area (Å²) in [6.07, 6.45) is 2.02. The van der Waals surface area contributed by atoms with Crippen molar-refractivity contribution in [2.45, 2.75) is 13.0 Å². The van der Waals surface area contributed by atoms with Gasteiger partial charge in [-0.15, -0.1) is 0 Å². The highest BCUT2D eigenvalue weighted by molar-refractivity contribution is 6.30. The summed E-state index contributed by atoms with van der Waals surface area (Å²) in [5.41, 5.74) is 4.27. The Hall–Kier alpha value is -3.88. The van der Waals surface area contributed by atoms with E-state index in [1.807, 2.05) is 79.0 Å².